The minimum absolute atomic E-state index is 0.263. The number of benzene rings is 1. The molecule has 1 aromatic rings. The van der Waals surface area contributed by atoms with Gasteiger partial charge in [-0.2, -0.15) is 8.42 Å². The molecule has 1 aliphatic carbocycles. The van der Waals surface area contributed by atoms with Gasteiger partial charge in [0.25, 0.3) is 10.1 Å². The fourth-order valence-electron chi connectivity index (χ4n) is 2.40. The molecule has 0 spiro atoms. The van der Waals surface area contributed by atoms with Crippen LogP contribution in [0, 0.1) is 5.92 Å². The first-order chi connectivity index (χ1) is 8.49. The molecule has 1 aliphatic rings. The lowest BCUT2D eigenvalue weighted by atomic mass is 9.84. The van der Waals surface area contributed by atoms with Crippen LogP contribution in [0.5, 0.6) is 5.75 Å². The molecule has 1 atom stereocenters. The van der Waals surface area contributed by atoms with E-state index in [0.717, 1.165) is 31.3 Å². The van der Waals surface area contributed by atoms with Gasteiger partial charge < -0.3 is 4.74 Å². The van der Waals surface area contributed by atoms with E-state index in [2.05, 4.69) is 6.07 Å². The Bertz CT molecular complexity index is 522. The Morgan fingerprint density at radius 1 is 1.39 bits per heavy atom. The average Bonchev–Trinajstić information content (AvgIpc) is 2.34. The van der Waals surface area contributed by atoms with Gasteiger partial charge in [0.05, 0.1) is 20.0 Å². The van der Waals surface area contributed by atoms with Gasteiger partial charge in [0, 0.05) is 0 Å². The zero-order chi connectivity index (χ0) is 13.2. The first-order valence-electron chi connectivity index (χ1n) is 5.99. The smallest absolute Gasteiger partial charge is 0.264 e. The van der Waals surface area contributed by atoms with E-state index in [9.17, 15) is 8.42 Å². The van der Waals surface area contributed by atoms with E-state index < -0.39 is 10.1 Å². The number of hydrogen-bond acceptors (Lipinski definition) is 4. The zero-order valence-corrected chi connectivity index (χ0v) is 11.5. The SMILES string of the molecule is COc1cccc2c1CCC(COS(C)(=O)=O)C2. The van der Waals surface area contributed by atoms with Crippen molar-refractivity contribution in [2.45, 2.75) is 19.3 Å². The molecule has 2 rings (SSSR count). The van der Waals surface area contributed by atoms with Crippen LogP contribution < -0.4 is 4.74 Å². The summed E-state index contributed by atoms with van der Waals surface area (Å²) >= 11 is 0. The molecule has 0 bridgehead atoms. The average molecular weight is 270 g/mol. The molecule has 1 unspecified atom stereocenters. The standard InChI is InChI=1S/C13H18O4S/c1-16-13-5-3-4-11-8-10(6-7-12(11)13)9-17-18(2,14)15/h3-5,10H,6-9H2,1-2H3. The second kappa shape index (κ2) is 5.28. The molecule has 0 saturated carbocycles. The minimum Gasteiger partial charge on any atom is -0.496 e. The molecule has 1 aromatic carbocycles. The second-order valence-corrected chi connectivity index (χ2v) is 6.34. The molecule has 0 aromatic heterocycles. The van der Waals surface area contributed by atoms with Crippen molar-refractivity contribution < 1.29 is 17.3 Å². The molecular weight excluding hydrogens is 252 g/mol. The molecule has 18 heavy (non-hydrogen) atoms. The number of rotatable bonds is 4. The van der Waals surface area contributed by atoms with Gasteiger partial charge in [-0.05, 0) is 42.4 Å². The van der Waals surface area contributed by atoms with Crippen molar-refractivity contribution in [3.63, 3.8) is 0 Å². The van der Waals surface area contributed by atoms with Crippen LogP contribution in [0.2, 0.25) is 0 Å². The van der Waals surface area contributed by atoms with Gasteiger partial charge in [-0.3, -0.25) is 4.18 Å². The molecular formula is C13H18O4S. The Kier molecular flexibility index (Phi) is 3.92. The summed E-state index contributed by atoms with van der Waals surface area (Å²) in [6.45, 7) is 0.273. The first-order valence-corrected chi connectivity index (χ1v) is 7.80. The number of methoxy groups -OCH3 is 1. The summed E-state index contributed by atoms with van der Waals surface area (Å²) in [5.74, 6) is 1.19. The van der Waals surface area contributed by atoms with Crippen molar-refractivity contribution in [3.05, 3.63) is 29.3 Å². The van der Waals surface area contributed by atoms with Gasteiger partial charge in [-0.1, -0.05) is 12.1 Å². The van der Waals surface area contributed by atoms with Crippen LogP contribution in [0.1, 0.15) is 17.5 Å². The Hall–Kier alpha value is -1.07. The first kappa shape index (κ1) is 13.4. The van der Waals surface area contributed by atoms with E-state index in [1.54, 1.807) is 7.11 Å². The Labute approximate surface area is 108 Å². The Morgan fingerprint density at radius 3 is 2.83 bits per heavy atom. The highest BCUT2D eigenvalue weighted by atomic mass is 32.2. The lowest BCUT2D eigenvalue weighted by Gasteiger charge is -2.25. The van der Waals surface area contributed by atoms with Crippen molar-refractivity contribution in [2.24, 2.45) is 5.92 Å². The number of hydrogen-bond donors (Lipinski definition) is 0. The van der Waals surface area contributed by atoms with Crippen molar-refractivity contribution in [1.82, 2.24) is 0 Å². The summed E-state index contributed by atoms with van der Waals surface area (Å²) in [4.78, 5) is 0. The summed E-state index contributed by atoms with van der Waals surface area (Å²) in [5, 5.41) is 0. The van der Waals surface area contributed by atoms with Crippen molar-refractivity contribution in [2.75, 3.05) is 20.0 Å². The van der Waals surface area contributed by atoms with E-state index in [0.29, 0.717) is 0 Å². The molecule has 100 valence electrons. The third-order valence-electron chi connectivity index (χ3n) is 3.28. The summed E-state index contributed by atoms with van der Waals surface area (Å²) in [6, 6.07) is 6.01. The van der Waals surface area contributed by atoms with Crippen LogP contribution in [-0.4, -0.2) is 28.4 Å². The zero-order valence-electron chi connectivity index (χ0n) is 10.7. The Morgan fingerprint density at radius 2 is 2.17 bits per heavy atom. The fourth-order valence-corrected chi connectivity index (χ4v) is 2.84. The topological polar surface area (TPSA) is 52.6 Å². The largest absolute Gasteiger partial charge is 0.496 e. The van der Waals surface area contributed by atoms with Crippen molar-refractivity contribution >= 4 is 10.1 Å². The molecule has 0 aliphatic heterocycles. The summed E-state index contributed by atoms with van der Waals surface area (Å²) in [6.07, 6.45) is 3.79. The predicted octanol–water partition coefficient (Wildman–Crippen LogP) is 1.78. The third-order valence-corrected chi connectivity index (χ3v) is 3.84. The molecule has 5 heteroatoms. The number of ether oxygens (including phenoxy) is 1. The van der Waals surface area contributed by atoms with Crippen LogP contribution in [0.3, 0.4) is 0 Å². The van der Waals surface area contributed by atoms with Gasteiger partial charge in [0.2, 0.25) is 0 Å². The van der Waals surface area contributed by atoms with Gasteiger partial charge in [0.15, 0.2) is 0 Å². The maximum absolute atomic E-state index is 11.0. The molecule has 0 saturated heterocycles. The summed E-state index contributed by atoms with van der Waals surface area (Å²) in [5.41, 5.74) is 2.48. The minimum atomic E-state index is -3.34. The van der Waals surface area contributed by atoms with Crippen LogP contribution in [0.25, 0.3) is 0 Å². The fraction of sp³-hybridized carbons (Fsp3) is 0.538. The quantitative estimate of drug-likeness (QED) is 0.783. The van der Waals surface area contributed by atoms with Crippen molar-refractivity contribution in [1.29, 1.82) is 0 Å². The highest BCUT2D eigenvalue weighted by Crippen LogP contribution is 2.32. The van der Waals surface area contributed by atoms with E-state index in [1.165, 1.54) is 11.1 Å². The molecule has 0 amide bonds. The van der Waals surface area contributed by atoms with E-state index >= 15 is 0 Å². The molecule has 0 heterocycles. The Balaban J connectivity index is 2.06. The molecule has 0 radical (unpaired) electrons. The number of fused-ring (bicyclic) bond motifs is 1. The lowest BCUT2D eigenvalue weighted by Crippen LogP contribution is -2.21. The van der Waals surface area contributed by atoms with Crippen LogP contribution in [0.15, 0.2) is 18.2 Å². The van der Waals surface area contributed by atoms with E-state index in [-0.39, 0.29) is 12.5 Å². The monoisotopic (exact) mass is 270 g/mol. The highest BCUT2D eigenvalue weighted by molar-refractivity contribution is 7.85. The van der Waals surface area contributed by atoms with Gasteiger partial charge in [0.1, 0.15) is 5.75 Å². The van der Waals surface area contributed by atoms with Gasteiger partial charge in [-0.15, -0.1) is 0 Å². The highest BCUT2D eigenvalue weighted by Gasteiger charge is 2.22. The maximum atomic E-state index is 11.0. The molecule has 4 nitrogen and oxygen atoms in total. The second-order valence-electron chi connectivity index (χ2n) is 4.70. The summed E-state index contributed by atoms with van der Waals surface area (Å²) < 4.78 is 32.2. The van der Waals surface area contributed by atoms with E-state index in [1.807, 2.05) is 12.1 Å². The van der Waals surface area contributed by atoms with Crippen molar-refractivity contribution in [3.8, 4) is 5.75 Å². The van der Waals surface area contributed by atoms with Gasteiger partial charge >= 0.3 is 0 Å². The van der Waals surface area contributed by atoms with Crippen LogP contribution in [0.4, 0.5) is 0 Å². The van der Waals surface area contributed by atoms with Crippen LogP contribution >= 0.6 is 0 Å². The van der Waals surface area contributed by atoms with E-state index in [4.69, 9.17) is 8.92 Å². The lowest BCUT2D eigenvalue weighted by molar-refractivity contribution is 0.240. The van der Waals surface area contributed by atoms with Gasteiger partial charge in [-0.25, -0.2) is 0 Å². The molecule has 0 fully saturated rings. The normalized spacial score (nSPS) is 19.3. The predicted molar refractivity (Wildman–Crippen MR) is 69.3 cm³/mol. The third kappa shape index (κ3) is 3.23. The van der Waals surface area contributed by atoms with Crippen LogP contribution in [-0.2, 0) is 27.1 Å². The molecule has 0 N–H and O–H groups in total. The summed E-state index contributed by atoms with van der Waals surface area (Å²) in [7, 11) is -1.66. The maximum Gasteiger partial charge on any atom is 0.264 e.